The van der Waals surface area contributed by atoms with Crippen molar-refractivity contribution in [2.24, 2.45) is 0 Å². The molecule has 0 saturated carbocycles. The molecule has 0 spiro atoms. The molecular weight excluding hydrogens is 528 g/mol. The number of hydrogen-bond acceptors (Lipinski definition) is 6. The maximum absolute atomic E-state index is 14.0. The number of rotatable bonds is 8. The van der Waals surface area contributed by atoms with Gasteiger partial charge in [0.2, 0.25) is 0 Å². The number of nitrogens with zero attached hydrogens (tertiary/aromatic N) is 1. The van der Waals surface area contributed by atoms with Gasteiger partial charge in [-0.1, -0.05) is 45.9 Å². The number of fused-ring (bicyclic) bond motifs is 1. The van der Waals surface area contributed by atoms with E-state index in [0.717, 1.165) is 22.4 Å². The van der Waals surface area contributed by atoms with Gasteiger partial charge < -0.3 is 19.5 Å². The van der Waals surface area contributed by atoms with E-state index >= 15 is 0 Å². The second-order valence-corrected chi connectivity index (χ2v) is 12.8. The summed E-state index contributed by atoms with van der Waals surface area (Å²) in [6.45, 7) is 9.94. The molecule has 214 valence electrons. The lowest BCUT2D eigenvalue weighted by Gasteiger charge is -2.36. The van der Waals surface area contributed by atoms with E-state index in [1.807, 2.05) is 44.2 Å². The molecule has 0 aliphatic carbocycles. The molecule has 40 heavy (non-hydrogen) atoms. The zero-order valence-electron chi connectivity index (χ0n) is 24.1. The van der Waals surface area contributed by atoms with Crippen LogP contribution in [0, 0.1) is 6.92 Å². The number of aryl methyl sites for hydroxylation is 1. The molecule has 1 aliphatic heterocycles. The van der Waals surface area contributed by atoms with Crippen LogP contribution in [0.4, 0.5) is 5.69 Å². The zero-order chi connectivity index (χ0) is 29.2. The quantitative estimate of drug-likeness (QED) is 0.385. The first kappa shape index (κ1) is 29.3. The average Bonchev–Trinajstić information content (AvgIpc) is 2.94. The van der Waals surface area contributed by atoms with Gasteiger partial charge in [0, 0.05) is 0 Å². The molecule has 4 rings (SSSR count). The summed E-state index contributed by atoms with van der Waals surface area (Å²) in [6, 6.07) is 17.2. The van der Waals surface area contributed by atoms with E-state index in [2.05, 4.69) is 26.1 Å². The van der Waals surface area contributed by atoms with Crippen LogP contribution in [0.25, 0.3) is 0 Å². The van der Waals surface area contributed by atoms with Gasteiger partial charge in [0.05, 0.1) is 37.4 Å². The Balaban J connectivity index is 1.69. The maximum Gasteiger partial charge on any atom is 0.264 e. The van der Waals surface area contributed by atoms with Crippen LogP contribution >= 0.6 is 0 Å². The van der Waals surface area contributed by atoms with Crippen LogP contribution in [0.2, 0.25) is 0 Å². The topological polar surface area (TPSA) is 94.2 Å². The van der Waals surface area contributed by atoms with E-state index in [4.69, 9.17) is 14.2 Å². The third-order valence-electron chi connectivity index (χ3n) is 7.18. The van der Waals surface area contributed by atoms with Crippen molar-refractivity contribution in [2.75, 3.05) is 25.1 Å². The second kappa shape index (κ2) is 11.4. The number of hydrogen-bond donors (Lipinski definition) is 1. The molecule has 8 nitrogen and oxygen atoms in total. The molecular formula is C31H38N2O6S. The predicted molar refractivity (Wildman–Crippen MR) is 156 cm³/mol. The first-order valence-corrected chi connectivity index (χ1v) is 14.8. The van der Waals surface area contributed by atoms with E-state index in [1.54, 1.807) is 25.3 Å². The highest BCUT2D eigenvalue weighted by molar-refractivity contribution is 7.92. The molecule has 2 atom stereocenters. The fourth-order valence-electron chi connectivity index (χ4n) is 4.76. The van der Waals surface area contributed by atoms with Gasteiger partial charge in [0.1, 0.15) is 17.2 Å². The number of benzene rings is 3. The normalized spacial score (nSPS) is 16.0. The highest BCUT2D eigenvalue weighted by Crippen LogP contribution is 2.40. The van der Waals surface area contributed by atoms with Crippen LogP contribution in [-0.2, 0) is 20.2 Å². The molecule has 0 fully saturated rings. The summed E-state index contributed by atoms with van der Waals surface area (Å²) in [4.78, 5) is 13.7. The second-order valence-electron chi connectivity index (χ2n) is 10.9. The number of methoxy groups -OCH3 is 2. The monoisotopic (exact) mass is 566 g/mol. The average molecular weight is 567 g/mol. The third kappa shape index (κ3) is 5.89. The van der Waals surface area contributed by atoms with Crippen LogP contribution in [0.1, 0.15) is 56.8 Å². The molecule has 3 aromatic carbocycles. The van der Waals surface area contributed by atoms with Crippen molar-refractivity contribution in [3.63, 3.8) is 0 Å². The lowest BCUT2D eigenvalue weighted by Crippen LogP contribution is -2.51. The van der Waals surface area contributed by atoms with Gasteiger partial charge in [-0.05, 0) is 77.9 Å². The minimum atomic E-state index is -4.02. The van der Waals surface area contributed by atoms with E-state index in [1.165, 1.54) is 23.5 Å². The van der Waals surface area contributed by atoms with E-state index in [9.17, 15) is 13.2 Å². The highest BCUT2D eigenvalue weighted by atomic mass is 32.2. The summed E-state index contributed by atoms with van der Waals surface area (Å²) < 4.78 is 45.9. The van der Waals surface area contributed by atoms with Crippen LogP contribution < -0.4 is 23.8 Å². The lowest BCUT2D eigenvalue weighted by atomic mass is 9.86. The van der Waals surface area contributed by atoms with Crippen molar-refractivity contribution >= 4 is 21.6 Å². The van der Waals surface area contributed by atoms with Crippen molar-refractivity contribution < 1.29 is 27.4 Å². The largest absolute Gasteiger partial charge is 0.497 e. The molecule has 1 N–H and O–H groups in total. The minimum Gasteiger partial charge on any atom is -0.497 e. The molecule has 1 aliphatic rings. The first-order valence-electron chi connectivity index (χ1n) is 13.3. The smallest absolute Gasteiger partial charge is 0.264 e. The molecule has 0 radical (unpaired) electrons. The number of carbonyl (C=O) groups is 1. The summed E-state index contributed by atoms with van der Waals surface area (Å²) in [5.41, 5.74) is 3.03. The summed E-state index contributed by atoms with van der Waals surface area (Å²) >= 11 is 0. The SMILES string of the molecule is CC[C@@H](NC(=O)[C@@H]1CN(S(=O)(=O)c2ccc(OC)cc2)c2cc(C(C)(C)C)ccc2O1)c1ccc(OC)c(C)c1. The molecule has 0 saturated heterocycles. The minimum absolute atomic E-state index is 0.0987. The van der Waals surface area contributed by atoms with Crippen LogP contribution in [0.5, 0.6) is 17.2 Å². The summed E-state index contributed by atoms with van der Waals surface area (Å²) in [7, 11) is -0.881. The van der Waals surface area contributed by atoms with Crippen molar-refractivity contribution in [1.82, 2.24) is 5.32 Å². The standard InChI is InChI=1S/C31H38N2O6S/c1-8-25(21-9-15-27(38-7)20(2)17-21)32-30(34)29-19-33(40(35,36)24-13-11-23(37-6)12-14-24)26-18-22(31(3,4)5)10-16-28(26)39-29/h9-18,25,29H,8,19H2,1-7H3,(H,32,34)/t25-,29+/m1/s1. The van der Waals surface area contributed by atoms with Crippen molar-refractivity contribution in [3.8, 4) is 17.2 Å². The Bertz CT molecular complexity index is 1480. The molecule has 0 aromatic heterocycles. The van der Waals surface area contributed by atoms with Gasteiger partial charge in [-0.25, -0.2) is 8.42 Å². The highest BCUT2D eigenvalue weighted by Gasteiger charge is 2.39. The van der Waals surface area contributed by atoms with Gasteiger partial charge in [0.25, 0.3) is 15.9 Å². The van der Waals surface area contributed by atoms with Crippen molar-refractivity contribution in [1.29, 1.82) is 0 Å². The number of carbonyl (C=O) groups excluding carboxylic acids is 1. The fourth-order valence-corrected chi connectivity index (χ4v) is 6.23. The lowest BCUT2D eigenvalue weighted by molar-refractivity contribution is -0.128. The van der Waals surface area contributed by atoms with E-state index in [0.29, 0.717) is 23.6 Å². The molecule has 3 aromatic rings. The summed E-state index contributed by atoms with van der Waals surface area (Å²) in [6.07, 6.45) is -0.404. The number of sulfonamides is 1. The van der Waals surface area contributed by atoms with Crippen LogP contribution in [-0.4, -0.2) is 41.2 Å². The molecule has 0 unspecified atom stereocenters. The number of amides is 1. The Labute approximate surface area is 237 Å². The zero-order valence-corrected chi connectivity index (χ0v) is 25.0. The van der Waals surface area contributed by atoms with Crippen LogP contribution in [0.3, 0.4) is 0 Å². The Kier molecular flexibility index (Phi) is 8.35. The fraction of sp³-hybridized carbons (Fsp3) is 0.387. The summed E-state index contributed by atoms with van der Waals surface area (Å²) in [5, 5.41) is 3.07. The van der Waals surface area contributed by atoms with Gasteiger partial charge in [-0.2, -0.15) is 0 Å². The van der Waals surface area contributed by atoms with E-state index in [-0.39, 0.29) is 28.8 Å². The van der Waals surface area contributed by atoms with Gasteiger partial charge in [-0.3, -0.25) is 9.10 Å². The van der Waals surface area contributed by atoms with Gasteiger partial charge >= 0.3 is 0 Å². The maximum atomic E-state index is 14.0. The Morgan fingerprint density at radius 1 is 1.05 bits per heavy atom. The number of anilines is 1. The number of nitrogens with one attached hydrogen (secondary N) is 1. The number of ether oxygens (including phenoxy) is 3. The van der Waals surface area contributed by atoms with Crippen LogP contribution in [0.15, 0.2) is 65.6 Å². The summed E-state index contributed by atoms with van der Waals surface area (Å²) in [5.74, 6) is 1.27. The first-order chi connectivity index (χ1) is 18.9. The van der Waals surface area contributed by atoms with Crippen molar-refractivity contribution in [2.45, 2.75) is 63.5 Å². The predicted octanol–water partition coefficient (Wildman–Crippen LogP) is 5.53. The Morgan fingerprint density at radius 3 is 2.33 bits per heavy atom. The third-order valence-corrected chi connectivity index (χ3v) is 8.97. The molecule has 0 bridgehead atoms. The van der Waals surface area contributed by atoms with Crippen molar-refractivity contribution in [3.05, 3.63) is 77.4 Å². The molecule has 1 amide bonds. The Morgan fingerprint density at radius 2 is 1.75 bits per heavy atom. The molecule has 1 heterocycles. The Hall–Kier alpha value is -3.72. The van der Waals surface area contributed by atoms with E-state index < -0.39 is 16.1 Å². The van der Waals surface area contributed by atoms with Gasteiger partial charge in [0.15, 0.2) is 6.10 Å². The molecule has 9 heteroatoms. The van der Waals surface area contributed by atoms with Gasteiger partial charge in [-0.15, -0.1) is 0 Å².